The molecule has 1 aromatic heterocycles. The van der Waals surface area contributed by atoms with Crippen molar-refractivity contribution in [3.8, 4) is 17.1 Å². The van der Waals surface area contributed by atoms with Gasteiger partial charge in [-0.15, -0.1) is 12.4 Å². The van der Waals surface area contributed by atoms with E-state index in [-0.39, 0.29) is 30.8 Å². The predicted octanol–water partition coefficient (Wildman–Crippen LogP) is 3.43. The summed E-state index contributed by atoms with van der Waals surface area (Å²) in [6.45, 7) is 1.79. The molecule has 0 saturated carbocycles. The molecule has 3 rings (SSSR count). The van der Waals surface area contributed by atoms with Crippen molar-refractivity contribution in [3.05, 3.63) is 66.1 Å². The van der Waals surface area contributed by atoms with Crippen molar-refractivity contribution in [2.45, 2.75) is 25.4 Å². The van der Waals surface area contributed by atoms with E-state index in [0.29, 0.717) is 17.5 Å². The lowest BCUT2D eigenvalue weighted by molar-refractivity contribution is -0.122. The van der Waals surface area contributed by atoms with E-state index in [1.54, 1.807) is 14.0 Å². The third kappa shape index (κ3) is 5.31. The Bertz CT molecular complexity index is 901. The van der Waals surface area contributed by atoms with E-state index < -0.39 is 6.04 Å². The lowest BCUT2D eigenvalue weighted by atomic mass is 10.0. The molecule has 7 nitrogen and oxygen atoms in total. The molecule has 148 valence electrons. The van der Waals surface area contributed by atoms with Crippen LogP contribution >= 0.6 is 12.4 Å². The molecule has 2 aromatic carbocycles. The molecular formula is C20H23ClN4O3. The number of nitrogens with two attached hydrogens (primary N) is 1. The number of nitrogens with zero attached hydrogens (tertiary/aromatic N) is 2. The zero-order valence-electron chi connectivity index (χ0n) is 15.7. The monoisotopic (exact) mass is 402 g/mol. The van der Waals surface area contributed by atoms with Crippen LogP contribution in [0.25, 0.3) is 11.4 Å². The van der Waals surface area contributed by atoms with E-state index in [2.05, 4.69) is 15.5 Å². The topological polar surface area (TPSA) is 103 Å². The fraction of sp³-hybridized carbons (Fsp3) is 0.250. The first-order valence-corrected chi connectivity index (χ1v) is 8.64. The largest absolute Gasteiger partial charge is 0.497 e. The molecule has 1 heterocycles. The van der Waals surface area contributed by atoms with Crippen molar-refractivity contribution in [2.75, 3.05) is 7.11 Å². The summed E-state index contributed by atoms with van der Waals surface area (Å²) in [6, 6.07) is 16.1. The molecule has 1 amide bonds. The van der Waals surface area contributed by atoms with Gasteiger partial charge in [0.05, 0.1) is 7.11 Å². The predicted molar refractivity (Wildman–Crippen MR) is 108 cm³/mol. The maximum Gasteiger partial charge on any atom is 0.249 e. The average molecular weight is 403 g/mol. The molecule has 3 aromatic rings. The second-order valence-electron chi connectivity index (χ2n) is 6.20. The van der Waals surface area contributed by atoms with Gasteiger partial charge < -0.3 is 20.3 Å². The van der Waals surface area contributed by atoms with Crippen LogP contribution in [0.4, 0.5) is 0 Å². The van der Waals surface area contributed by atoms with Crippen LogP contribution in [-0.4, -0.2) is 23.2 Å². The maximum atomic E-state index is 12.3. The van der Waals surface area contributed by atoms with E-state index in [4.69, 9.17) is 15.0 Å². The molecule has 2 atom stereocenters. The first-order valence-electron chi connectivity index (χ1n) is 8.64. The smallest absolute Gasteiger partial charge is 0.249 e. The van der Waals surface area contributed by atoms with Gasteiger partial charge in [0.25, 0.3) is 0 Å². The summed E-state index contributed by atoms with van der Waals surface area (Å²) in [5.41, 5.74) is 7.78. The van der Waals surface area contributed by atoms with Crippen molar-refractivity contribution >= 4 is 18.3 Å². The average Bonchev–Trinajstić information content (AvgIpc) is 3.19. The molecule has 0 saturated heterocycles. The summed E-state index contributed by atoms with van der Waals surface area (Å²) >= 11 is 0. The highest BCUT2D eigenvalue weighted by Crippen LogP contribution is 2.23. The number of hydrogen-bond acceptors (Lipinski definition) is 6. The van der Waals surface area contributed by atoms with Gasteiger partial charge in [0.2, 0.25) is 17.6 Å². The number of benzene rings is 2. The van der Waals surface area contributed by atoms with Gasteiger partial charge in [0, 0.05) is 18.0 Å². The maximum absolute atomic E-state index is 12.3. The van der Waals surface area contributed by atoms with Gasteiger partial charge >= 0.3 is 0 Å². The number of aromatic nitrogens is 2. The van der Waals surface area contributed by atoms with Gasteiger partial charge in [-0.2, -0.15) is 4.98 Å². The fourth-order valence-corrected chi connectivity index (χ4v) is 2.67. The Hall–Kier alpha value is -2.90. The quantitative estimate of drug-likeness (QED) is 0.627. The van der Waals surface area contributed by atoms with Gasteiger partial charge in [-0.25, -0.2) is 0 Å². The van der Waals surface area contributed by atoms with E-state index >= 15 is 0 Å². The molecule has 2 unspecified atom stereocenters. The van der Waals surface area contributed by atoms with Crippen LogP contribution in [0.5, 0.6) is 5.75 Å². The molecule has 0 aliphatic heterocycles. The normalized spacial score (nSPS) is 12.5. The number of rotatable bonds is 7. The van der Waals surface area contributed by atoms with Gasteiger partial charge in [0.15, 0.2) is 0 Å². The second-order valence-corrected chi connectivity index (χ2v) is 6.20. The number of methoxy groups -OCH3 is 1. The lowest BCUT2D eigenvalue weighted by Crippen LogP contribution is -2.30. The first-order chi connectivity index (χ1) is 13.1. The summed E-state index contributed by atoms with van der Waals surface area (Å²) < 4.78 is 10.5. The van der Waals surface area contributed by atoms with Crippen molar-refractivity contribution in [1.29, 1.82) is 0 Å². The van der Waals surface area contributed by atoms with E-state index in [0.717, 1.165) is 11.1 Å². The highest BCUT2D eigenvalue weighted by atomic mass is 35.5. The molecule has 0 bridgehead atoms. The molecule has 0 fully saturated rings. The summed E-state index contributed by atoms with van der Waals surface area (Å²) in [5.74, 6) is 1.29. The SMILES string of the molecule is COc1cccc(-c2noc(C(C)NC(=O)CC(N)c3ccccc3)n2)c1.Cl. The second kappa shape index (κ2) is 9.87. The number of hydrogen-bond donors (Lipinski definition) is 2. The van der Waals surface area contributed by atoms with Crippen LogP contribution in [0.1, 0.15) is 36.9 Å². The van der Waals surface area contributed by atoms with E-state index in [9.17, 15) is 4.79 Å². The van der Waals surface area contributed by atoms with E-state index in [1.807, 2.05) is 54.6 Å². The number of halogens is 1. The summed E-state index contributed by atoms with van der Waals surface area (Å²) in [5, 5.41) is 6.83. The van der Waals surface area contributed by atoms with Crippen LogP contribution in [0.2, 0.25) is 0 Å². The molecule has 0 aliphatic carbocycles. The number of nitrogens with one attached hydrogen (secondary N) is 1. The Balaban J connectivity index is 0.00000280. The molecule has 8 heteroatoms. The molecule has 3 N–H and O–H groups in total. The van der Waals surface area contributed by atoms with Gasteiger partial charge in [-0.05, 0) is 24.6 Å². The fourth-order valence-electron chi connectivity index (χ4n) is 2.67. The summed E-state index contributed by atoms with van der Waals surface area (Å²) in [4.78, 5) is 16.6. The minimum Gasteiger partial charge on any atom is -0.497 e. The third-order valence-electron chi connectivity index (χ3n) is 4.15. The number of carbonyl (C=O) groups is 1. The van der Waals surface area contributed by atoms with Crippen molar-refractivity contribution < 1.29 is 14.1 Å². The third-order valence-corrected chi connectivity index (χ3v) is 4.15. The summed E-state index contributed by atoms with van der Waals surface area (Å²) in [7, 11) is 1.60. The molecule has 0 aliphatic rings. The number of ether oxygens (including phenoxy) is 1. The Morgan fingerprint density at radius 1 is 1.21 bits per heavy atom. The number of carbonyl (C=O) groups excluding carboxylic acids is 1. The molecule has 0 spiro atoms. The van der Waals surface area contributed by atoms with Crippen LogP contribution in [0.3, 0.4) is 0 Å². The van der Waals surface area contributed by atoms with Gasteiger partial charge in [0.1, 0.15) is 11.8 Å². The van der Waals surface area contributed by atoms with Crippen molar-refractivity contribution in [1.82, 2.24) is 15.5 Å². The van der Waals surface area contributed by atoms with Gasteiger partial charge in [-0.1, -0.05) is 47.6 Å². The van der Waals surface area contributed by atoms with Crippen LogP contribution < -0.4 is 15.8 Å². The van der Waals surface area contributed by atoms with Gasteiger partial charge in [-0.3, -0.25) is 4.79 Å². The lowest BCUT2D eigenvalue weighted by Gasteiger charge is -2.14. The number of amides is 1. The highest BCUT2D eigenvalue weighted by molar-refractivity contribution is 5.85. The highest BCUT2D eigenvalue weighted by Gasteiger charge is 2.19. The Morgan fingerprint density at radius 3 is 2.68 bits per heavy atom. The summed E-state index contributed by atoms with van der Waals surface area (Å²) in [6.07, 6.45) is 0.172. The first kappa shape index (κ1) is 21.4. The van der Waals surface area contributed by atoms with Crippen molar-refractivity contribution in [3.63, 3.8) is 0 Å². The van der Waals surface area contributed by atoms with Crippen molar-refractivity contribution in [2.24, 2.45) is 5.73 Å². The zero-order chi connectivity index (χ0) is 19.2. The Kier molecular flexibility index (Phi) is 7.54. The standard InChI is InChI=1S/C20H22N4O3.ClH/c1-13(22-18(25)12-17(21)14-7-4-3-5-8-14)20-23-19(24-27-20)15-9-6-10-16(11-15)26-2;/h3-11,13,17H,12,21H2,1-2H3,(H,22,25);1H. The molecular weight excluding hydrogens is 380 g/mol. The minimum atomic E-state index is -0.424. The van der Waals surface area contributed by atoms with Crippen LogP contribution in [0, 0.1) is 0 Å². The Labute approximate surface area is 169 Å². The molecule has 0 radical (unpaired) electrons. The molecule has 28 heavy (non-hydrogen) atoms. The van der Waals surface area contributed by atoms with Crippen LogP contribution in [-0.2, 0) is 4.79 Å². The minimum absolute atomic E-state index is 0. The van der Waals surface area contributed by atoms with E-state index in [1.165, 1.54) is 0 Å². The zero-order valence-corrected chi connectivity index (χ0v) is 16.5. The Morgan fingerprint density at radius 2 is 1.96 bits per heavy atom. The van der Waals surface area contributed by atoms with Crippen LogP contribution in [0.15, 0.2) is 59.1 Å².